The van der Waals surface area contributed by atoms with Crippen molar-refractivity contribution >= 4 is 87.3 Å². The summed E-state index contributed by atoms with van der Waals surface area (Å²) in [5.74, 6) is 0. The van der Waals surface area contributed by atoms with E-state index in [0.29, 0.717) is 0 Å². The van der Waals surface area contributed by atoms with Crippen LogP contribution in [-0.4, -0.2) is 0 Å². The molecule has 0 saturated heterocycles. The minimum atomic E-state index is 1.24. The Kier molecular flexibility index (Phi) is 8.13. The highest BCUT2D eigenvalue weighted by Crippen LogP contribution is 2.50. The van der Waals surface area contributed by atoms with Gasteiger partial charge in [-0.1, -0.05) is 170 Å². The van der Waals surface area contributed by atoms with E-state index in [2.05, 4.69) is 208 Å². The molecule has 12 aromatic rings. The lowest BCUT2D eigenvalue weighted by molar-refractivity contribution is 1.64. The minimum Gasteiger partial charge on any atom is -0.141 e. The molecule has 2 heteroatoms. The SMILES string of the molecule is Cc1ccc(-c2c3ccccc3c(-c3ccc(-c4ccc(-c5c6ccccc6c(-c6ccc(C)s6)c6ccccc56)c5ccccc45)c4ccccc34)c3ccccc23)s1. The maximum absolute atomic E-state index is 2.38. The molecule has 2 aromatic heterocycles. The van der Waals surface area contributed by atoms with Crippen LogP contribution in [-0.2, 0) is 0 Å². The summed E-state index contributed by atoms with van der Waals surface area (Å²) in [4.78, 5) is 5.29. The van der Waals surface area contributed by atoms with Crippen molar-refractivity contribution in [1.82, 2.24) is 0 Å². The molecule has 0 spiro atoms. The van der Waals surface area contributed by atoms with Gasteiger partial charge in [0, 0.05) is 30.6 Å². The molecule has 0 fully saturated rings. The Hall–Kier alpha value is -6.84. The first-order valence-electron chi connectivity index (χ1n) is 20.7. The van der Waals surface area contributed by atoms with Crippen LogP contribution in [0.15, 0.2) is 194 Å². The van der Waals surface area contributed by atoms with Crippen LogP contribution in [0.2, 0.25) is 0 Å². The first-order chi connectivity index (χ1) is 29.6. The molecular formula is C58H38S2. The summed E-state index contributed by atoms with van der Waals surface area (Å²) in [5, 5.41) is 15.3. The number of thiophene rings is 2. The van der Waals surface area contributed by atoms with Gasteiger partial charge in [0.15, 0.2) is 0 Å². The van der Waals surface area contributed by atoms with E-state index in [1.165, 1.54) is 129 Å². The summed E-state index contributed by atoms with van der Waals surface area (Å²) in [5.41, 5.74) is 10.2. The molecule has 10 aromatic carbocycles. The van der Waals surface area contributed by atoms with E-state index in [1.807, 2.05) is 22.7 Å². The van der Waals surface area contributed by atoms with Gasteiger partial charge in [-0.3, -0.25) is 0 Å². The summed E-state index contributed by atoms with van der Waals surface area (Å²) in [6.45, 7) is 4.40. The molecule has 60 heavy (non-hydrogen) atoms. The monoisotopic (exact) mass is 798 g/mol. The molecule has 0 aliphatic carbocycles. The lowest BCUT2D eigenvalue weighted by atomic mass is 9.83. The van der Waals surface area contributed by atoms with Crippen molar-refractivity contribution in [3.8, 4) is 54.3 Å². The van der Waals surface area contributed by atoms with E-state index in [9.17, 15) is 0 Å². The molecular weight excluding hydrogens is 761 g/mol. The zero-order valence-electron chi connectivity index (χ0n) is 33.3. The standard InChI is InChI=1S/C58H38S2/c1-35-27-33-53(59-35)57-47-23-11-7-19-43(47)55(44-20-8-12-24-48(44)57)51-31-29-41(37-15-3-5-17-39(37)51)42-30-32-52(40-18-6-4-16-38(40)42)56-45-21-9-13-25-49(45)58(54-34-28-36(2)60-54)50-26-14-10-22-46(50)56/h3-34H,1-2H3. The van der Waals surface area contributed by atoms with Gasteiger partial charge in [-0.25, -0.2) is 0 Å². The van der Waals surface area contributed by atoms with E-state index in [-0.39, 0.29) is 0 Å². The van der Waals surface area contributed by atoms with Crippen molar-refractivity contribution in [3.63, 3.8) is 0 Å². The van der Waals surface area contributed by atoms with E-state index in [4.69, 9.17) is 0 Å². The second-order valence-electron chi connectivity index (χ2n) is 15.9. The highest BCUT2D eigenvalue weighted by Gasteiger charge is 2.22. The third-order valence-corrected chi connectivity index (χ3v) is 14.5. The van der Waals surface area contributed by atoms with E-state index in [0.717, 1.165) is 0 Å². The van der Waals surface area contributed by atoms with Gasteiger partial charge in [0.05, 0.1) is 0 Å². The van der Waals surface area contributed by atoms with Crippen LogP contribution in [0.3, 0.4) is 0 Å². The molecule has 282 valence electrons. The normalized spacial score (nSPS) is 11.8. The van der Waals surface area contributed by atoms with Crippen molar-refractivity contribution in [2.24, 2.45) is 0 Å². The predicted molar refractivity (Wildman–Crippen MR) is 264 cm³/mol. The number of hydrogen-bond donors (Lipinski definition) is 0. The molecule has 12 rings (SSSR count). The quantitative estimate of drug-likeness (QED) is 0.152. The molecule has 0 atom stereocenters. The van der Waals surface area contributed by atoms with Gasteiger partial charge < -0.3 is 0 Å². The summed E-state index contributed by atoms with van der Waals surface area (Å²) in [6, 6.07) is 72.7. The Balaban J connectivity index is 1.10. The third-order valence-electron chi connectivity index (χ3n) is 12.5. The van der Waals surface area contributed by atoms with Gasteiger partial charge in [-0.15, -0.1) is 22.7 Å². The highest BCUT2D eigenvalue weighted by atomic mass is 32.1. The van der Waals surface area contributed by atoms with Gasteiger partial charge in [0.2, 0.25) is 0 Å². The van der Waals surface area contributed by atoms with Crippen molar-refractivity contribution < 1.29 is 0 Å². The number of fused-ring (bicyclic) bond motifs is 6. The molecule has 0 N–H and O–H groups in total. The molecule has 0 aliphatic heterocycles. The van der Waals surface area contributed by atoms with E-state index < -0.39 is 0 Å². The van der Waals surface area contributed by atoms with Crippen LogP contribution in [0.4, 0.5) is 0 Å². The lowest BCUT2D eigenvalue weighted by Crippen LogP contribution is -1.93. The minimum absolute atomic E-state index is 1.24. The lowest BCUT2D eigenvalue weighted by Gasteiger charge is -2.20. The van der Waals surface area contributed by atoms with Gasteiger partial charge in [0.1, 0.15) is 0 Å². The topological polar surface area (TPSA) is 0 Å². The van der Waals surface area contributed by atoms with Crippen LogP contribution >= 0.6 is 22.7 Å². The van der Waals surface area contributed by atoms with Gasteiger partial charge in [0.25, 0.3) is 0 Å². The van der Waals surface area contributed by atoms with Gasteiger partial charge >= 0.3 is 0 Å². The highest BCUT2D eigenvalue weighted by molar-refractivity contribution is 7.16. The Morgan fingerprint density at radius 3 is 0.717 bits per heavy atom. The molecule has 0 aliphatic rings. The van der Waals surface area contributed by atoms with Crippen molar-refractivity contribution in [2.45, 2.75) is 13.8 Å². The summed E-state index contributed by atoms with van der Waals surface area (Å²) in [7, 11) is 0. The average Bonchev–Trinajstić information content (AvgIpc) is 3.94. The third kappa shape index (κ3) is 5.35. The fourth-order valence-corrected chi connectivity index (χ4v) is 11.9. The Morgan fingerprint density at radius 1 is 0.217 bits per heavy atom. The second-order valence-corrected chi connectivity index (χ2v) is 18.5. The summed E-state index contributed by atoms with van der Waals surface area (Å²) >= 11 is 3.75. The largest absolute Gasteiger partial charge is 0.141 e. The Labute approximate surface area is 357 Å². The van der Waals surface area contributed by atoms with Gasteiger partial charge in [-0.2, -0.15) is 0 Å². The maximum Gasteiger partial charge on any atom is 0.0358 e. The summed E-state index contributed by atoms with van der Waals surface area (Å²) < 4.78 is 0. The second kappa shape index (κ2) is 13.9. The molecule has 0 unspecified atom stereocenters. The van der Waals surface area contributed by atoms with Crippen molar-refractivity contribution in [2.75, 3.05) is 0 Å². The fourth-order valence-electron chi connectivity index (χ4n) is 10.0. The molecule has 0 saturated carbocycles. The zero-order valence-corrected chi connectivity index (χ0v) is 34.9. The van der Waals surface area contributed by atoms with E-state index in [1.54, 1.807) is 0 Å². The van der Waals surface area contributed by atoms with Crippen LogP contribution in [0.25, 0.3) is 119 Å². The Morgan fingerprint density at radius 2 is 0.450 bits per heavy atom. The van der Waals surface area contributed by atoms with Crippen LogP contribution in [0, 0.1) is 13.8 Å². The van der Waals surface area contributed by atoms with Crippen LogP contribution < -0.4 is 0 Å². The van der Waals surface area contributed by atoms with Crippen LogP contribution in [0.1, 0.15) is 9.75 Å². The smallest absolute Gasteiger partial charge is 0.0358 e. The van der Waals surface area contributed by atoms with E-state index >= 15 is 0 Å². The fraction of sp³-hybridized carbons (Fsp3) is 0.0345. The molecule has 0 radical (unpaired) electrons. The van der Waals surface area contributed by atoms with Crippen molar-refractivity contribution in [3.05, 3.63) is 204 Å². The first-order valence-corrected chi connectivity index (χ1v) is 22.3. The summed E-state index contributed by atoms with van der Waals surface area (Å²) in [6.07, 6.45) is 0. The number of rotatable bonds is 5. The van der Waals surface area contributed by atoms with Crippen LogP contribution in [0.5, 0.6) is 0 Å². The molecule has 0 nitrogen and oxygen atoms in total. The molecule has 0 amide bonds. The van der Waals surface area contributed by atoms with Gasteiger partial charge in [-0.05, 0) is 136 Å². The molecule has 2 heterocycles. The molecule has 0 bridgehead atoms. The maximum atomic E-state index is 2.38. The number of benzene rings is 10. The number of aryl methyl sites for hydroxylation is 2. The Bertz CT molecular complexity index is 3330. The predicted octanol–water partition coefficient (Wildman–Crippen LogP) is 17.7. The number of hydrogen-bond acceptors (Lipinski definition) is 2. The van der Waals surface area contributed by atoms with Crippen molar-refractivity contribution in [1.29, 1.82) is 0 Å². The zero-order chi connectivity index (χ0) is 39.9. The average molecular weight is 799 g/mol. The first kappa shape index (κ1) is 35.1.